The first-order chi connectivity index (χ1) is 6.16. The van der Waals surface area contributed by atoms with Gasteiger partial charge in [-0.3, -0.25) is 9.69 Å². The van der Waals surface area contributed by atoms with E-state index in [0.29, 0.717) is 18.9 Å². The van der Waals surface area contributed by atoms with Crippen molar-refractivity contribution < 1.29 is 4.79 Å². The molecular weight excluding hydrogens is 190 g/mol. The van der Waals surface area contributed by atoms with Gasteiger partial charge in [0.2, 0.25) is 5.91 Å². The van der Waals surface area contributed by atoms with Gasteiger partial charge in [0.15, 0.2) is 0 Å². The van der Waals surface area contributed by atoms with Gasteiger partial charge in [0.05, 0.1) is 7.05 Å². The third-order valence-electron chi connectivity index (χ3n) is 1.84. The topological polar surface area (TPSA) is 63.9 Å². The van der Waals surface area contributed by atoms with Gasteiger partial charge in [0.1, 0.15) is 0 Å². The number of carbonyl (C=O) groups is 1. The number of carbonyl (C=O) groups excluding carboxylic acids is 1. The predicted molar refractivity (Wildman–Crippen MR) is 48.5 cm³/mol. The normalized spacial score (nSPS) is 22.8. The van der Waals surface area contributed by atoms with Gasteiger partial charge in [-0.2, -0.15) is 17.4 Å². The zero-order chi connectivity index (χ0) is 9.42. The summed E-state index contributed by atoms with van der Waals surface area (Å²) >= 11 is 4.22. The van der Waals surface area contributed by atoms with Crippen molar-refractivity contribution in [3.8, 4) is 0 Å². The molecule has 1 atom stereocenters. The number of aromatic nitrogens is 4. The van der Waals surface area contributed by atoms with Crippen molar-refractivity contribution in [1.29, 1.82) is 0 Å². The number of hydrogen-bond acceptors (Lipinski definition) is 5. The van der Waals surface area contributed by atoms with Crippen LogP contribution in [0.2, 0.25) is 0 Å². The van der Waals surface area contributed by atoms with Gasteiger partial charge in [-0.25, -0.2) is 0 Å². The Bertz CT molecular complexity index is 338. The number of tetrazole rings is 1. The molecule has 1 fully saturated rings. The van der Waals surface area contributed by atoms with Crippen LogP contribution in [-0.2, 0) is 11.8 Å². The van der Waals surface area contributed by atoms with Gasteiger partial charge in [-0.15, -0.1) is 5.10 Å². The fourth-order valence-corrected chi connectivity index (χ4v) is 1.58. The molecule has 1 aromatic heterocycles. The van der Waals surface area contributed by atoms with Crippen LogP contribution in [0, 0.1) is 0 Å². The van der Waals surface area contributed by atoms with Gasteiger partial charge < -0.3 is 0 Å². The van der Waals surface area contributed by atoms with Crippen molar-refractivity contribution in [3.63, 3.8) is 0 Å². The zero-order valence-corrected chi connectivity index (χ0v) is 7.98. The maximum atomic E-state index is 11.4. The van der Waals surface area contributed by atoms with Crippen molar-refractivity contribution in [2.75, 3.05) is 11.4 Å². The van der Waals surface area contributed by atoms with E-state index in [0.717, 1.165) is 0 Å². The van der Waals surface area contributed by atoms with Crippen LogP contribution in [0.1, 0.15) is 6.42 Å². The highest BCUT2D eigenvalue weighted by Gasteiger charge is 2.30. The van der Waals surface area contributed by atoms with Crippen molar-refractivity contribution in [3.05, 3.63) is 0 Å². The predicted octanol–water partition coefficient (Wildman–Crippen LogP) is -0.755. The van der Waals surface area contributed by atoms with E-state index >= 15 is 0 Å². The Hall–Kier alpha value is -1.11. The molecule has 6 nitrogen and oxygen atoms in total. The minimum atomic E-state index is 0.00741. The van der Waals surface area contributed by atoms with Gasteiger partial charge in [-0.1, -0.05) is 5.10 Å². The SMILES string of the molecule is Cn1nnc(N2CC(S)CC2=O)n1. The van der Waals surface area contributed by atoms with Gasteiger partial charge in [0, 0.05) is 18.2 Å². The van der Waals surface area contributed by atoms with Crippen LogP contribution in [0.5, 0.6) is 0 Å². The van der Waals surface area contributed by atoms with Crippen LogP contribution in [0.25, 0.3) is 0 Å². The number of aryl methyl sites for hydroxylation is 1. The largest absolute Gasteiger partial charge is 0.277 e. The standard InChI is InChI=1S/C6H9N5OS/c1-10-8-6(7-9-10)11-3-4(13)2-5(11)12/h4,13H,2-3H2,1H3. The molecule has 1 unspecified atom stereocenters. The van der Waals surface area contributed by atoms with Crippen LogP contribution in [0.15, 0.2) is 0 Å². The highest BCUT2D eigenvalue weighted by molar-refractivity contribution is 7.81. The molecule has 70 valence electrons. The van der Waals surface area contributed by atoms with Crippen LogP contribution >= 0.6 is 12.6 Å². The molecule has 0 saturated carbocycles. The van der Waals surface area contributed by atoms with Gasteiger partial charge in [-0.05, 0) is 5.21 Å². The fraction of sp³-hybridized carbons (Fsp3) is 0.667. The van der Waals surface area contributed by atoms with E-state index in [1.54, 1.807) is 7.05 Å². The minimum absolute atomic E-state index is 0.00741. The highest BCUT2D eigenvalue weighted by Crippen LogP contribution is 2.19. The minimum Gasteiger partial charge on any atom is -0.277 e. The number of thiol groups is 1. The average Bonchev–Trinajstić information content (AvgIpc) is 2.58. The lowest BCUT2D eigenvalue weighted by Gasteiger charge is -2.08. The average molecular weight is 199 g/mol. The number of anilines is 1. The van der Waals surface area contributed by atoms with E-state index in [-0.39, 0.29) is 11.2 Å². The van der Waals surface area contributed by atoms with E-state index in [9.17, 15) is 4.79 Å². The lowest BCUT2D eigenvalue weighted by molar-refractivity contribution is -0.117. The van der Waals surface area contributed by atoms with E-state index in [2.05, 4.69) is 28.0 Å². The second-order valence-corrected chi connectivity index (χ2v) is 3.67. The molecule has 0 N–H and O–H groups in total. The van der Waals surface area contributed by atoms with E-state index in [4.69, 9.17) is 0 Å². The maximum Gasteiger partial charge on any atom is 0.272 e. The Morgan fingerprint density at radius 3 is 2.85 bits per heavy atom. The number of hydrogen-bond donors (Lipinski definition) is 1. The summed E-state index contributed by atoms with van der Waals surface area (Å²) < 4.78 is 0. The maximum absolute atomic E-state index is 11.4. The quantitative estimate of drug-likeness (QED) is 0.604. The first-order valence-corrected chi connectivity index (χ1v) is 4.41. The molecule has 1 saturated heterocycles. The van der Waals surface area contributed by atoms with Crippen molar-refractivity contribution in [2.45, 2.75) is 11.7 Å². The highest BCUT2D eigenvalue weighted by atomic mass is 32.1. The molecule has 1 amide bonds. The number of amides is 1. The molecule has 7 heteroatoms. The molecule has 2 rings (SSSR count). The summed E-state index contributed by atoms with van der Waals surface area (Å²) in [6.45, 7) is 0.563. The summed E-state index contributed by atoms with van der Waals surface area (Å²) in [5, 5.41) is 11.4. The third kappa shape index (κ3) is 1.51. The van der Waals surface area contributed by atoms with Crippen molar-refractivity contribution >= 4 is 24.5 Å². The van der Waals surface area contributed by atoms with Crippen molar-refractivity contribution in [2.24, 2.45) is 7.05 Å². The van der Waals surface area contributed by atoms with E-state index in [1.165, 1.54) is 9.70 Å². The monoisotopic (exact) mass is 199 g/mol. The Balaban J connectivity index is 2.22. The smallest absolute Gasteiger partial charge is 0.272 e. The summed E-state index contributed by atoms with van der Waals surface area (Å²) in [5.74, 6) is 0.372. The van der Waals surface area contributed by atoms with E-state index < -0.39 is 0 Å². The molecule has 1 aliphatic heterocycles. The first-order valence-electron chi connectivity index (χ1n) is 3.89. The van der Waals surface area contributed by atoms with Crippen LogP contribution in [-0.4, -0.2) is 37.9 Å². The second kappa shape index (κ2) is 2.99. The summed E-state index contributed by atoms with van der Waals surface area (Å²) in [4.78, 5) is 14.2. The fourth-order valence-electron chi connectivity index (χ4n) is 1.26. The summed E-state index contributed by atoms with van der Waals surface area (Å²) in [6.07, 6.45) is 0.446. The molecule has 13 heavy (non-hydrogen) atoms. The lowest BCUT2D eigenvalue weighted by Crippen LogP contribution is -2.25. The Morgan fingerprint density at radius 1 is 1.62 bits per heavy atom. The molecule has 0 aliphatic carbocycles. The summed E-state index contributed by atoms with van der Waals surface area (Å²) in [6, 6.07) is 0. The second-order valence-electron chi connectivity index (χ2n) is 2.94. The molecule has 1 aromatic rings. The van der Waals surface area contributed by atoms with Crippen LogP contribution in [0.4, 0.5) is 5.95 Å². The molecular formula is C6H9N5OS. The van der Waals surface area contributed by atoms with E-state index in [1.807, 2.05) is 0 Å². The van der Waals surface area contributed by atoms with Crippen LogP contribution < -0.4 is 4.90 Å². The number of nitrogens with zero attached hydrogens (tertiary/aromatic N) is 5. The van der Waals surface area contributed by atoms with Gasteiger partial charge >= 0.3 is 0 Å². The van der Waals surface area contributed by atoms with Crippen molar-refractivity contribution in [1.82, 2.24) is 20.2 Å². The third-order valence-corrected chi connectivity index (χ3v) is 2.19. The summed E-state index contributed by atoms with van der Waals surface area (Å²) in [7, 11) is 1.66. The summed E-state index contributed by atoms with van der Waals surface area (Å²) in [5.41, 5.74) is 0. The Kier molecular flexibility index (Phi) is 1.95. The molecule has 0 spiro atoms. The lowest BCUT2D eigenvalue weighted by atomic mass is 10.4. The molecule has 0 aromatic carbocycles. The van der Waals surface area contributed by atoms with Gasteiger partial charge in [0.25, 0.3) is 5.95 Å². The molecule has 0 radical (unpaired) electrons. The Morgan fingerprint density at radius 2 is 2.38 bits per heavy atom. The molecule has 0 bridgehead atoms. The number of rotatable bonds is 1. The first kappa shape index (κ1) is 8.49. The molecule has 2 heterocycles. The zero-order valence-electron chi connectivity index (χ0n) is 7.08. The van der Waals surface area contributed by atoms with Crippen LogP contribution in [0.3, 0.4) is 0 Å². The molecule has 1 aliphatic rings. The Labute approximate surface area is 80.3 Å².